The Bertz CT molecular complexity index is 1760. The number of hydrogen-bond donors (Lipinski definition) is 0. The molecule has 2 aromatic heterocycles. The normalized spacial score (nSPS) is 16.5. The molecule has 260 valence electrons. The fraction of sp³-hybridized carbons (Fsp3) is 0.400. The summed E-state index contributed by atoms with van der Waals surface area (Å²) in [7, 11) is -6.06. The number of pyridine rings is 2. The SMILES string of the molecule is CCOC(=O)[C@H]1C[C@@H]1c1nc(-c2ccc(N(Cc3cccc(OC(F)(F)F)c3)C(=O)OC(C)(C)C)nc2)ccc1OS(=O)(=O)C(F)(F)F. The van der Waals surface area contributed by atoms with E-state index in [1.54, 1.807) is 27.7 Å². The first-order valence-electron chi connectivity index (χ1n) is 14.2. The number of carbonyl (C=O) groups excluding carboxylic acids is 2. The summed E-state index contributed by atoms with van der Waals surface area (Å²) < 4.78 is 120. The van der Waals surface area contributed by atoms with Crippen LogP contribution in [0.4, 0.5) is 37.0 Å². The van der Waals surface area contributed by atoms with Gasteiger partial charge < -0.3 is 18.4 Å². The maximum Gasteiger partial charge on any atom is 0.573 e. The molecule has 1 amide bonds. The summed E-state index contributed by atoms with van der Waals surface area (Å²) in [5.74, 6) is -3.43. The van der Waals surface area contributed by atoms with E-state index >= 15 is 0 Å². The Morgan fingerprint density at radius 2 is 1.71 bits per heavy atom. The van der Waals surface area contributed by atoms with Gasteiger partial charge in [0.05, 0.1) is 30.5 Å². The molecule has 0 bridgehead atoms. The largest absolute Gasteiger partial charge is 0.573 e. The Labute approximate surface area is 270 Å². The standard InChI is InChI=1S/C30H29F6N3O8S/c1-5-44-26(40)21-14-20(21)25-23(47-48(42,43)30(34,35)36)11-10-22(38-25)18-9-12-24(37-15-18)39(27(41)46-28(2,3)4)16-17-7-6-8-19(13-17)45-29(31,32)33/h6-13,15,20-21H,5,14,16H2,1-4H3/t20-,21-/m0/s1. The first-order chi connectivity index (χ1) is 22.2. The Kier molecular flexibility index (Phi) is 10.2. The van der Waals surface area contributed by atoms with E-state index in [-0.39, 0.29) is 47.9 Å². The van der Waals surface area contributed by atoms with Crippen molar-refractivity contribution in [2.75, 3.05) is 11.5 Å². The Morgan fingerprint density at radius 1 is 1.00 bits per heavy atom. The van der Waals surface area contributed by atoms with E-state index in [0.29, 0.717) is 0 Å². The van der Waals surface area contributed by atoms with Crippen molar-refractivity contribution in [3.63, 3.8) is 0 Å². The van der Waals surface area contributed by atoms with Crippen LogP contribution in [0.5, 0.6) is 11.5 Å². The fourth-order valence-electron chi connectivity index (χ4n) is 4.41. The summed E-state index contributed by atoms with van der Waals surface area (Å²) in [6.07, 6.45) is -4.44. The highest BCUT2D eigenvalue weighted by Crippen LogP contribution is 2.51. The lowest BCUT2D eigenvalue weighted by Crippen LogP contribution is -2.37. The molecule has 2 atom stereocenters. The second-order valence-corrected chi connectivity index (χ2v) is 13.0. The van der Waals surface area contributed by atoms with Crippen molar-refractivity contribution in [3.8, 4) is 22.8 Å². The molecule has 0 N–H and O–H groups in total. The molecule has 3 aromatic rings. The maximum atomic E-state index is 13.2. The van der Waals surface area contributed by atoms with Crippen molar-refractivity contribution in [1.29, 1.82) is 0 Å². The number of benzene rings is 1. The molecule has 1 aliphatic carbocycles. The molecule has 4 rings (SSSR count). The van der Waals surface area contributed by atoms with E-state index in [1.165, 1.54) is 36.5 Å². The van der Waals surface area contributed by atoms with Gasteiger partial charge >= 0.3 is 34.1 Å². The molecular weight excluding hydrogens is 676 g/mol. The number of aromatic nitrogens is 2. The average molecular weight is 706 g/mol. The van der Waals surface area contributed by atoms with Crippen molar-refractivity contribution in [1.82, 2.24) is 9.97 Å². The second kappa shape index (κ2) is 13.5. The first kappa shape index (κ1) is 36.2. The van der Waals surface area contributed by atoms with Gasteiger partial charge in [0.15, 0.2) is 5.75 Å². The second-order valence-electron chi connectivity index (χ2n) is 11.4. The number of amides is 1. The number of ether oxygens (including phenoxy) is 3. The third kappa shape index (κ3) is 9.26. The van der Waals surface area contributed by atoms with Gasteiger partial charge in [0, 0.05) is 17.7 Å². The molecule has 1 fully saturated rings. The van der Waals surface area contributed by atoms with Crippen LogP contribution < -0.4 is 13.8 Å². The molecule has 0 spiro atoms. The van der Waals surface area contributed by atoms with Gasteiger partial charge in [-0.2, -0.15) is 21.6 Å². The number of alkyl halides is 6. The molecular formula is C30H29F6N3O8S. The zero-order valence-corrected chi connectivity index (χ0v) is 26.6. The maximum absolute atomic E-state index is 13.2. The highest BCUT2D eigenvalue weighted by atomic mass is 32.2. The minimum atomic E-state index is -6.06. The Balaban J connectivity index is 1.67. The lowest BCUT2D eigenvalue weighted by molar-refractivity contribution is -0.274. The van der Waals surface area contributed by atoms with Gasteiger partial charge in [0.25, 0.3) is 0 Å². The monoisotopic (exact) mass is 705 g/mol. The molecule has 1 aromatic carbocycles. The average Bonchev–Trinajstić information content (AvgIpc) is 3.75. The van der Waals surface area contributed by atoms with Gasteiger partial charge in [0.1, 0.15) is 17.2 Å². The highest BCUT2D eigenvalue weighted by Gasteiger charge is 2.51. The summed E-state index contributed by atoms with van der Waals surface area (Å²) in [6.45, 7) is 6.17. The van der Waals surface area contributed by atoms with Crippen LogP contribution in [0.3, 0.4) is 0 Å². The van der Waals surface area contributed by atoms with Crippen LogP contribution in [-0.4, -0.2) is 54.5 Å². The third-order valence-corrected chi connectivity index (χ3v) is 7.47. The van der Waals surface area contributed by atoms with Gasteiger partial charge in [-0.05, 0) is 76.1 Å². The van der Waals surface area contributed by atoms with Crippen molar-refractivity contribution >= 4 is 28.0 Å². The van der Waals surface area contributed by atoms with Crippen LogP contribution in [0.1, 0.15) is 51.3 Å². The number of nitrogens with zero attached hydrogens (tertiary/aromatic N) is 3. The summed E-state index contributed by atoms with van der Waals surface area (Å²) in [6, 6.07) is 9.92. The van der Waals surface area contributed by atoms with Gasteiger partial charge in [0.2, 0.25) is 0 Å². The van der Waals surface area contributed by atoms with E-state index in [4.69, 9.17) is 9.47 Å². The zero-order valence-electron chi connectivity index (χ0n) is 25.8. The summed E-state index contributed by atoms with van der Waals surface area (Å²) in [5.41, 5.74) is -6.28. The molecule has 0 saturated heterocycles. The molecule has 1 saturated carbocycles. The minimum Gasteiger partial charge on any atom is -0.466 e. The summed E-state index contributed by atoms with van der Waals surface area (Å²) in [5, 5.41) is 0. The van der Waals surface area contributed by atoms with Crippen LogP contribution in [0.25, 0.3) is 11.3 Å². The number of carbonyl (C=O) groups is 2. The number of hydrogen-bond acceptors (Lipinski definition) is 10. The first-order valence-corrected chi connectivity index (χ1v) is 15.6. The van der Waals surface area contributed by atoms with Crippen molar-refractivity contribution in [3.05, 3.63) is 66.0 Å². The van der Waals surface area contributed by atoms with Crippen LogP contribution in [0.15, 0.2) is 54.7 Å². The number of esters is 1. The molecule has 1 aliphatic rings. The third-order valence-electron chi connectivity index (χ3n) is 6.51. The number of halogens is 6. The molecule has 0 unspecified atom stereocenters. The Morgan fingerprint density at radius 3 is 2.29 bits per heavy atom. The predicted molar refractivity (Wildman–Crippen MR) is 156 cm³/mol. The van der Waals surface area contributed by atoms with Gasteiger partial charge in [-0.1, -0.05) is 12.1 Å². The van der Waals surface area contributed by atoms with Crippen molar-refractivity contribution in [2.24, 2.45) is 5.92 Å². The lowest BCUT2D eigenvalue weighted by Gasteiger charge is -2.27. The van der Waals surface area contributed by atoms with E-state index in [1.807, 2.05) is 0 Å². The number of anilines is 1. The highest BCUT2D eigenvalue weighted by molar-refractivity contribution is 7.88. The molecule has 2 heterocycles. The van der Waals surface area contributed by atoms with Crippen LogP contribution >= 0.6 is 0 Å². The summed E-state index contributed by atoms with van der Waals surface area (Å²) >= 11 is 0. The zero-order chi connectivity index (χ0) is 35.7. The lowest BCUT2D eigenvalue weighted by atomic mass is 10.1. The predicted octanol–water partition coefficient (Wildman–Crippen LogP) is 6.88. The van der Waals surface area contributed by atoms with Crippen LogP contribution in [0.2, 0.25) is 0 Å². The smallest absolute Gasteiger partial charge is 0.466 e. The van der Waals surface area contributed by atoms with Gasteiger partial charge in [-0.3, -0.25) is 9.69 Å². The van der Waals surface area contributed by atoms with Crippen molar-refractivity contribution < 1.29 is 62.7 Å². The van der Waals surface area contributed by atoms with Gasteiger partial charge in [-0.25, -0.2) is 14.8 Å². The van der Waals surface area contributed by atoms with Gasteiger partial charge in [-0.15, -0.1) is 13.2 Å². The molecule has 48 heavy (non-hydrogen) atoms. The number of rotatable bonds is 10. The van der Waals surface area contributed by atoms with E-state index in [9.17, 15) is 44.3 Å². The molecule has 0 radical (unpaired) electrons. The van der Waals surface area contributed by atoms with Crippen LogP contribution in [-0.2, 0) is 30.9 Å². The fourth-order valence-corrected chi connectivity index (χ4v) is 4.88. The van der Waals surface area contributed by atoms with E-state index < -0.39 is 63.0 Å². The topological polar surface area (TPSA) is 134 Å². The Hall–Kier alpha value is -4.61. The molecule has 0 aliphatic heterocycles. The minimum absolute atomic E-state index is 0.0103. The van der Waals surface area contributed by atoms with Crippen molar-refractivity contribution in [2.45, 2.75) is 64.1 Å². The quantitative estimate of drug-likeness (QED) is 0.0951. The van der Waals surface area contributed by atoms with E-state index in [0.717, 1.165) is 23.1 Å². The molecule has 18 heteroatoms. The summed E-state index contributed by atoms with van der Waals surface area (Å²) in [4.78, 5) is 35.1. The van der Waals surface area contributed by atoms with Crippen LogP contribution in [0, 0.1) is 5.92 Å². The van der Waals surface area contributed by atoms with E-state index in [2.05, 4.69) is 18.9 Å². The molecule has 11 nitrogen and oxygen atoms in total.